The third-order valence-electron chi connectivity index (χ3n) is 3.44. The molecule has 0 unspecified atom stereocenters. The van der Waals surface area contributed by atoms with E-state index in [9.17, 15) is 5.11 Å². The first-order valence-corrected chi connectivity index (χ1v) is 6.06. The van der Waals surface area contributed by atoms with E-state index in [1.807, 2.05) is 0 Å². The summed E-state index contributed by atoms with van der Waals surface area (Å²) in [6.45, 7) is 0. The van der Waals surface area contributed by atoms with Gasteiger partial charge in [-0.1, -0.05) is 43.2 Å². The fraction of sp³-hybridized carbons (Fsp3) is 0.571. The lowest BCUT2D eigenvalue weighted by atomic mass is 9.84. The number of hydrogen-bond acceptors (Lipinski definition) is 1. The summed E-state index contributed by atoms with van der Waals surface area (Å²) >= 11 is 0. The molecule has 1 nitrogen and oxygen atoms in total. The molecule has 0 aromatic heterocycles. The van der Waals surface area contributed by atoms with Gasteiger partial charge >= 0.3 is 0 Å². The number of aliphatic hydroxyl groups is 1. The molecule has 0 heterocycles. The molecule has 15 heavy (non-hydrogen) atoms. The Labute approximate surface area is 92.1 Å². The number of benzene rings is 1. The summed E-state index contributed by atoms with van der Waals surface area (Å²) in [5.74, 6) is 0.744. The van der Waals surface area contributed by atoms with Crippen LogP contribution in [0.15, 0.2) is 30.3 Å². The zero-order chi connectivity index (χ0) is 10.5. The molecule has 0 spiro atoms. The second-order valence-electron chi connectivity index (χ2n) is 4.71. The fourth-order valence-electron chi connectivity index (χ4n) is 2.54. The predicted octanol–water partition coefficient (Wildman–Crippen LogP) is 3.17. The molecule has 1 aromatic carbocycles. The summed E-state index contributed by atoms with van der Waals surface area (Å²) < 4.78 is 0. The van der Waals surface area contributed by atoms with Crippen molar-refractivity contribution in [3.8, 4) is 0 Å². The quantitative estimate of drug-likeness (QED) is 0.801. The van der Waals surface area contributed by atoms with Gasteiger partial charge in [0, 0.05) is 0 Å². The molecule has 1 aliphatic rings. The molecule has 0 amide bonds. The van der Waals surface area contributed by atoms with Crippen molar-refractivity contribution in [2.45, 2.75) is 44.6 Å². The van der Waals surface area contributed by atoms with Gasteiger partial charge in [-0.05, 0) is 37.2 Å². The Bertz CT molecular complexity index is 281. The molecular formula is C14H20O. The maximum Gasteiger partial charge on any atom is 0.0542 e. The van der Waals surface area contributed by atoms with Crippen LogP contribution in [0.1, 0.15) is 37.7 Å². The van der Waals surface area contributed by atoms with E-state index in [1.165, 1.54) is 24.8 Å². The van der Waals surface area contributed by atoms with E-state index in [4.69, 9.17) is 0 Å². The lowest BCUT2D eigenvalue weighted by molar-refractivity contribution is 0.0984. The van der Waals surface area contributed by atoms with Crippen molar-refractivity contribution >= 4 is 0 Å². The van der Waals surface area contributed by atoms with E-state index < -0.39 is 0 Å². The van der Waals surface area contributed by atoms with Crippen LogP contribution in [0.5, 0.6) is 0 Å². The van der Waals surface area contributed by atoms with E-state index in [-0.39, 0.29) is 6.10 Å². The molecule has 2 atom stereocenters. The van der Waals surface area contributed by atoms with E-state index in [1.54, 1.807) is 0 Å². The molecule has 1 saturated carbocycles. The molecule has 1 fully saturated rings. The van der Waals surface area contributed by atoms with Crippen LogP contribution in [0.3, 0.4) is 0 Å². The Morgan fingerprint density at radius 2 is 1.93 bits per heavy atom. The van der Waals surface area contributed by atoms with Crippen molar-refractivity contribution in [3.05, 3.63) is 35.9 Å². The third kappa shape index (κ3) is 3.35. The summed E-state index contributed by atoms with van der Waals surface area (Å²) in [6.07, 6.45) is 6.93. The molecule has 0 aliphatic heterocycles. The molecule has 1 heteroatoms. The van der Waals surface area contributed by atoms with Gasteiger partial charge in [-0.3, -0.25) is 0 Å². The van der Waals surface area contributed by atoms with Crippen molar-refractivity contribution in [1.29, 1.82) is 0 Å². The van der Waals surface area contributed by atoms with E-state index >= 15 is 0 Å². The van der Waals surface area contributed by atoms with Crippen molar-refractivity contribution in [3.63, 3.8) is 0 Å². The van der Waals surface area contributed by atoms with Crippen LogP contribution < -0.4 is 0 Å². The van der Waals surface area contributed by atoms with Gasteiger partial charge in [-0.15, -0.1) is 0 Å². The number of hydrogen-bond donors (Lipinski definition) is 1. The molecule has 0 radical (unpaired) electrons. The van der Waals surface area contributed by atoms with Crippen LogP contribution in [0.4, 0.5) is 0 Å². The van der Waals surface area contributed by atoms with Crippen molar-refractivity contribution in [2.75, 3.05) is 0 Å². The maximum absolute atomic E-state index is 9.58. The number of aryl methyl sites for hydroxylation is 1. The standard InChI is InChI=1S/C14H20O/c15-14-8-4-7-13(11-14)10-9-12-5-2-1-3-6-12/h1-3,5-6,13-15H,4,7-11H2/t13-,14-/m0/s1. The second kappa shape index (κ2) is 5.32. The zero-order valence-electron chi connectivity index (χ0n) is 9.23. The molecule has 0 saturated heterocycles. The SMILES string of the molecule is O[C@H]1CCC[C@@H](CCc2ccccc2)C1. The minimum Gasteiger partial charge on any atom is -0.393 e. The Morgan fingerprint density at radius 1 is 1.13 bits per heavy atom. The second-order valence-corrected chi connectivity index (χ2v) is 4.71. The first-order valence-electron chi connectivity index (χ1n) is 6.06. The third-order valence-corrected chi connectivity index (χ3v) is 3.44. The summed E-state index contributed by atoms with van der Waals surface area (Å²) in [7, 11) is 0. The smallest absolute Gasteiger partial charge is 0.0542 e. The fourth-order valence-corrected chi connectivity index (χ4v) is 2.54. The van der Waals surface area contributed by atoms with E-state index in [0.717, 1.165) is 25.2 Å². The average molecular weight is 204 g/mol. The van der Waals surface area contributed by atoms with Crippen molar-refractivity contribution < 1.29 is 5.11 Å². The molecule has 2 rings (SSSR count). The minimum atomic E-state index is -0.0282. The predicted molar refractivity (Wildman–Crippen MR) is 62.7 cm³/mol. The van der Waals surface area contributed by atoms with E-state index in [0.29, 0.717) is 0 Å². The van der Waals surface area contributed by atoms with Crippen LogP contribution in [0, 0.1) is 5.92 Å². The Morgan fingerprint density at radius 3 is 2.67 bits per heavy atom. The van der Waals surface area contributed by atoms with Crippen molar-refractivity contribution in [2.24, 2.45) is 5.92 Å². The van der Waals surface area contributed by atoms with Gasteiger partial charge in [0.15, 0.2) is 0 Å². The number of aliphatic hydroxyl groups excluding tert-OH is 1. The Hall–Kier alpha value is -0.820. The highest BCUT2D eigenvalue weighted by atomic mass is 16.3. The van der Waals surface area contributed by atoms with Gasteiger partial charge in [0.2, 0.25) is 0 Å². The molecule has 1 aliphatic carbocycles. The Kier molecular flexibility index (Phi) is 3.79. The topological polar surface area (TPSA) is 20.2 Å². The summed E-state index contributed by atoms with van der Waals surface area (Å²) in [5.41, 5.74) is 1.43. The molecule has 1 N–H and O–H groups in total. The first kappa shape index (κ1) is 10.7. The molecule has 82 valence electrons. The normalized spacial score (nSPS) is 26.5. The minimum absolute atomic E-state index is 0.0282. The maximum atomic E-state index is 9.58. The monoisotopic (exact) mass is 204 g/mol. The van der Waals surface area contributed by atoms with E-state index in [2.05, 4.69) is 30.3 Å². The van der Waals surface area contributed by atoms with Crippen LogP contribution in [0.25, 0.3) is 0 Å². The number of rotatable bonds is 3. The lowest BCUT2D eigenvalue weighted by Gasteiger charge is -2.25. The molecule has 0 bridgehead atoms. The van der Waals surface area contributed by atoms with Gasteiger partial charge < -0.3 is 5.11 Å². The van der Waals surface area contributed by atoms with Gasteiger partial charge in [0.25, 0.3) is 0 Å². The van der Waals surface area contributed by atoms with Gasteiger partial charge in [0.05, 0.1) is 6.10 Å². The van der Waals surface area contributed by atoms with Crippen LogP contribution in [0.2, 0.25) is 0 Å². The Balaban J connectivity index is 1.78. The molecular weight excluding hydrogens is 184 g/mol. The van der Waals surface area contributed by atoms with Gasteiger partial charge in [-0.2, -0.15) is 0 Å². The lowest BCUT2D eigenvalue weighted by Crippen LogP contribution is -2.19. The average Bonchev–Trinajstić information content (AvgIpc) is 2.28. The highest BCUT2D eigenvalue weighted by Gasteiger charge is 2.19. The van der Waals surface area contributed by atoms with Crippen LogP contribution in [-0.4, -0.2) is 11.2 Å². The highest BCUT2D eigenvalue weighted by Crippen LogP contribution is 2.27. The largest absolute Gasteiger partial charge is 0.393 e. The highest BCUT2D eigenvalue weighted by molar-refractivity contribution is 5.14. The van der Waals surface area contributed by atoms with Crippen LogP contribution in [-0.2, 0) is 6.42 Å². The van der Waals surface area contributed by atoms with Gasteiger partial charge in [-0.25, -0.2) is 0 Å². The van der Waals surface area contributed by atoms with Crippen molar-refractivity contribution in [1.82, 2.24) is 0 Å². The zero-order valence-corrected chi connectivity index (χ0v) is 9.23. The first-order chi connectivity index (χ1) is 7.34. The van der Waals surface area contributed by atoms with Gasteiger partial charge in [0.1, 0.15) is 0 Å². The summed E-state index contributed by atoms with van der Waals surface area (Å²) in [4.78, 5) is 0. The summed E-state index contributed by atoms with van der Waals surface area (Å²) in [6, 6.07) is 10.7. The molecule has 1 aromatic rings. The summed E-state index contributed by atoms with van der Waals surface area (Å²) in [5, 5.41) is 9.58. The van der Waals surface area contributed by atoms with Crippen LogP contribution >= 0.6 is 0 Å².